The summed E-state index contributed by atoms with van der Waals surface area (Å²) in [6.45, 7) is 2.73. The summed E-state index contributed by atoms with van der Waals surface area (Å²) in [4.78, 5) is 31.7. The van der Waals surface area contributed by atoms with Gasteiger partial charge in [0, 0.05) is 24.2 Å². The molecule has 0 spiro atoms. The Balaban J connectivity index is 1.40. The number of aryl methyl sites for hydroxylation is 1. The molecular formula is C29H37N7O. The third kappa shape index (κ3) is 6.24. The van der Waals surface area contributed by atoms with Gasteiger partial charge in [-0.3, -0.25) is 14.8 Å². The topological polar surface area (TPSA) is 118 Å². The van der Waals surface area contributed by atoms with E-state index in [4.69, 9.17) is 15.7 Å². The zero-order chi connectivity index (χ0) is 25.6. The lowest BCUT2D eigenvalue weighted by Crippen LogP contribution is -2.37. The molecule has 2 saturated carbocycles. The molecule has 0 radical (unpaired) electrons. The predicted molar refractivity (Wildman–Crippen MR) is 148 cm³/mol. The van der Waals surface area contributed by atoms with Crippen molar-refractivity contribution >= 4 is 28.5 Å². The molecule has 5 rings (SSSR count). The molecule has 194 valence electrons. The van der Waals surface area contributed by atoms with Crippen LogP contribution in [0.15, 0.2) is 47.6 Å². The monoisotopic (exact) mass is 499 g/mol. The van der Waals surface area contributed by atoms with Crippen LogP contribution >= 0.6 is 0 Å². The van der Waals surface area contributed by atoms with Crippen molar-refractivity contribution in [3.8, 4) is 0 Å². The molecule has 2 aliphatic carbocycles. The molecule has 1 aromatic carbocycles. The smallest absolute Gasteiger partial charge is 0.289 e. The Morgan fingerprint density at radius 2 is 1.84 bits per heavy atom. The van der Waals surface area contributed by atoms with Crippen LogP contribution in [-0.2, 0) is 0 Å². The second-order valence-corrected chi connectivity index (χ2v) is 10.5. The van der Waals surface area contributed by atoms with E-state index in [1.807, 2.05) is 30.3 Å². The van der Waals surface area contributed by atoms with Crippen LogP contribution in [0.1, 0.15) is 79.7 Å². The number of benzene rings is 1. The maximum Gasteiger partial charge on any atom is 0.289 e. The summed E-state index contributed by atoms with van der Waals surface area (Å²) in [5.74, 6) is 1.67. The predicted octanol–water partition coefficient (Wildman–Crippen LogP) is 4.77. The first-order valence-electron chi connectivity index (χ1n) is 13.6. The summed E-state index contributed by atoms with van der Waals surface area (Å²) < 4.78 is 0. The number of amidine groups is 1. The number of fused-ring (bicyclic) bond motifs is 1. The Kier molecular flexibility index (Phi) is 7.92. The molecule has 0 unspecified atom stereocenters. The van der Waals surface area contributed by atoms with Crippen molar-refractivity contribution in [2.24, 2.45) is 16.6 Å². The number of anilines is 1. The van der Waals surface area contributed by atoms with Gasteiger partial charge in [-0.2, -0.15) is 0 Å². The number of nitrogens with zero attached hydrogens (tertiary/aromatic N) is 4. The first kappa shape index (κ1) is 25.1. The minimum absolute atomic E-state index is 0.00541. The summed E-state index contributed by atoms with van der Waals surface area (Å²) in [6, 6.07) is 11.8. The van der Waals surface area contributed by atoms with Crippen molar-refractivity contribution in [2.45, 2.75) is 76.8 Å². The van der Waals surface area contributed by atoms with E-state index in [0.29, 0.717) is 29.8 Å². The summed E-state index contributed by atoms with van der Waals surface area (Å²) in [7, 11) is 0. The molecule has 0 bridgehead atoms. The Hall–Kier alpha value is -3.55. The molecule has 2 heterocycles. The quantitative estimate of drug-likeness (QED) is 0.318. The first-order valence-corrected chi connectivity index (χ1v) is 13.6. The molecule has 3 aromatic rings. The van der Waals surface area contributed by atoms with Crippen LogP contribution in [-0.4, -0.2) is 45.3 Å². The number of carbonyl (C=O) groups is 1. The van der Waals surface area contributed by atoms with E-state index >= 15 is 0 Å². The molecule has 0 aliphatic heterocycles. The zero-order valence-corrected chi connectivity index (χ0v) is 21.6. The third-order valence-electron chi connectivity index (χ3n) is 7.61. The standard InChI is InChI=1S/C29H37N7O/c1-19-14-15-22-21(17-19)27(36-28(34-22)29(37)32-18-20-9-3-2-4-10-20)35-24-12-6-5-11-23(24)33-26(30)25-13-7-8-16-31-25/h7-8,13-17,20,23-24H,2-6,9-12,18H2,1H3,(H2,30,33)(H,32,37)(H,34,35,36)/t23-,24+/m1/s1. The van der Waals surface area contributed by atoms with Gasteiger partial charge in [0.05, 0.1) is 11.6 Å². The Bertz CT molecular complexity index is 1250. The van der Waals surface area contributed by atoms with Crippen molar-refractivity contribution in [3.63, 3.8) is 0 Å². The van der Waals surface area contributed by atoms with E-state index in [1.165, 1.54) is 32.1 Å². The second kappa shape index (κ2) is 11.7. The number of rotatable bonds is 7. The van der Waals surface area contributed by atoms with Gasteiger partial charge in [-0.05, 0) is 62.8 Å². The van der Waals surface area contributed by atoms with E-state index in [-0.39, 0.29) is 23.8 Å². The summed E-state index contributed by atoms with van der Waals surface area (Å²) in [5, 5.41) is 7.65. The minimum atomic E-state index is -0.214. The molecule has 0 saturated heterocycles. The van der Waals surface area contributed by atoms with Crippen molar-refractivity contribution < 1.29 is 4.79 Å². The lowest BCUT2D eigenvalue weighted by molar-refractivity contribution is 0.0933. The van der Waals surface area contributed by atoms with Crippen molar-refractivity contribution in [1.82, 2.24) is 20.3 Å². The summed E-state index contributed by atoms with van der Waals surface area (Å²) in [5.41, 5.74) is 8.89. The molecule has 37 heavy (non-hydrogen) atoms. The average Bonchev–Trinajstić information content (AvgIpc) is 2.94. The maximum absolute atomic E-state index is 13.1. The Labute approximate surface area is 218 Å². The van der Waals surface area contributed by atoms with Gasteiger partial charge in [0.15, 0.2) is 0 Å². The highest BCUT2D eigenvalue weighted by Gasteiger charge is 2.27. The number of hydrogen-bond donors (Lipinski definition) is 3. The molecule has 2 atom stereocenters. The van der Waals surface area contributed by atoms with Crippen LogP contribution in [0.4, 0.5) is 5.82 Å². The van der Waals surface area contributed by atoms with Gasteiger partial charge in [-0.1, -0.05) is 49.8 Å². The molecule has 2 aromatic heterocycles. The van der Waals surface area contributed by atoms with Crippen molar-refractivity contribution in [2.75, 3.05) is 11.9 Å². The summed E-state index contributed by atoms with van der Waals surface area (Å²) >= 11 is 0. The number of aliphatic imine (C=N–C) groups is 1. The largest absolute Gasteiger partial charge is 0.382 e. The first-order chi connectivity index (χ1) is 18.1. The van der Waals surface area contributed by atoms with Gasteiger partial charge in [-0.15, -0.1) is 0 Å². The molecular weight excluding hydrogens is 462 g/mol. The fourth-order valence-corrected chi connectivity index (χ4v) is 5.53. The van der Waals surface area contributed by atoms with Crippen LogP contribution < -0.4 is 16.4 Å². The normalized spacial score (nSPS) is 21.1. The van der Waals surface area contributed by atoms with Gasteiger partial charge in [0.2, 0.25) is 5.82 Å². The molecule has 4 N–H and O–H groups in total. The van der Waals surface area contributed by atoms with E-state index in [0.717, 1.165) is 42.1 Å². The fraction of sp³-hybridized carbons (Fsp3) is 0.483. The Morgan fingerprint density at radius 3 is 2.65 bits per heavy atom. The SMILES string of the molecule is Cc1ccc2nc(C(=O)NCC3CCCCC3)nc(N[C@H]3CCCC[C@H]3N=C(N)c3ccccn3)c2c1. The van der Waals surface area contributed by atoms with Crippen LogP contribution in [0.25, 0.3) is 10.9 Å². The summed E-state index contributed by atoms with van der Waals surface area (Å²) in [6.07, 6.45) is 12.0. The van der Waals surface area contributed by atoms with E-state index in [1.54, 1.807) is 6.20 Å². The molecule has 2 fully saturated rings. The van der Waals surface area contributed by atoms with Gasteiger partial charge in [0.25, 0.3) is 5.91 Å². The highest BCUT2D eigenvalue weighted by Crippen LogP contribution is 2.28. The number of pyridine rings is 1. The number of carbonyl (C=O) groups excluding carboxylic acids is 1. The van der Waals surface area contributed by atoms with Gasteiger partial charge < -0.3 is 16.4 Å². The van der Waals surface area contributed by atoms with Crippen LogP contribution in [0.3, 0.4) is 0 Å². The van der Waals surface area contributed by atoms with E-state index in [2.05, 4.69) is 33.6 Å². The van der Waals surface area contributed by atoms with Crippen LogP contribution in [0.5, 0.6) is 0 Å². The van der Waals surface area contributed by atoms with E-state index < -0.39 is 0 Å². The maximum atomic E-state index is 13.1. The van der Waals surface area contributed by atoms with Crippen molar-refractivity contribution in [3.05, 3.63) is 59.7 Å². The number of nitrogens with one attached hydrogen (secondary N) is 2. The number of amides is 1. The lowest BCUT2D eigenvalue weighted by Gasteiger charge is -2.30. The molecule has 1 amide bonds. The number of nitrogens with two attached hydrogens (primary N) is 1. The lowest BCUT2D eigenvalue weighted by atomic mass is 9.89. The zero-order valence-electron chi connectivity index (χ0n) is 21.6. The van der Waals surface area contributed by atoms with Crippen LogP contribution in [0.2, 0.25) is 0 Å². The third-order valence-corrected chi connectivity index (χ3v) is 7.61. The highest BCUT2D eigenvalue weighted by atomic mass is 16.2. The van der Waals surface area contributed by atoms with Crippen molar-refractivity contribution in [1.29, 1.82) is 0 Å². The van der Waals surface area contributed by atoms with Gasteiger partial charge >= 0.3 is 0 Å². The molecule has 2 aliphatic rings. The van der Waals surface area contributed by atoms with Gasteiger partial charge in [0.1, 0.15) is 17.3 Å². The second-order valence-electron chi connectivity index (χ2n) is 10.5. The number of aromatic nitrogens is 3. The number of hydrogen-bond acceptors (Lipinski definition) is 6. The Morgan fingerprint density at radius 1 is 1.03 bits per heavy atom. The average molecular weight is 500 g/mol. The van der Waals surface area contributed by atoms with E-state index in [9.17, 15) is 4.79 Å². The minimum Gasteiger partial charge on any atom is -0.382 e. The fourth-order valence-electron chi connectivity index (χ4n) is 5.53. The van der Waals surface area contributed by atoms with Gasteiger partial charge in [-0.25, -0.2) is 9.97 Å². The highest BCUT2D eigenvalue weighted by molar-refractivity contribution is 5.97. The molecule has 8 heteroatoms. The van der Waals surface area contributed by atoms with Crippen LogP contribution in [0, 0.1) is 12.8 Å². The molecule has 8 nitrogen and oxygen atoms in total.